The van der Waals surface area contributed by atoms with E-state index in [4.69, 9.17) is 9.47 Å². The summed E-state index contributed by atoms with van der Waals surface area (Å²) in [5, 5.41) is 13.6. The van der Waals surface area contributed by atoms with E-state index in [9.17, 15) is 19.5 Å². The number of hydrogen-bond donors (Lipinski definition) is 2. The lowest BCUT2D eigenvalue weighted by atomic mass is 9.72. The zero-order chi connectivity index (χ0) is 17.7. The van der Waals surface area contributed by atoms with E-state index in [1.165, 1.54) is 19.1 Å². The summed E-state index contributed by atoms with van der Waals surface area (Å²) in [5.74, 6) is -2.63. The molecule has 1 rings (SSSR count). The molecule has 1 amide bonds. The average Bonchev–Trinajstić information content (AvgIpc) is 2.57. The Morgan fingerprint density at radius 2 is 1.61 bits per heavy atom. The third-order valence-electron chi connectivity index (χ3n) is 3.74. The van der Waals surface area contributed by atoms with Crippen LogP contribution in [-0.4, -0.2) is 42.7 Å². The SMILES string of the molecule is CC[C@](NC(C)=O)(C(=O)OC)[C@@](O)(C(=O)OC)c1ccccc1. The summed E-state index contributed by atoms with van der Waals surface area (Å²) in [6.45, 7) is 2.72. The summed E-state index contributed by atoms with van der Waals surface area (Å²) in [7, 11) is 2.19. The van der Waals surface area contributed by atoms with Gasteiger partial charge in [-0.3, -0.25) is 4.79 Å². The van der Waals surface area contributed by atoms with Crippen LogP contribution in [-0.2, 0) is 29.5 Å². The first-order valence-electron chi connectivity index (χ1n) is 7.03. The Morgan fingerprint density at radius 1 is 1.09 bits per heavy atom. The first-order valence-corrected chi connectivity index (χ1v) is 7.03. The Kier molecular flexibility index (Phi) is 5.86. The van der Waals surface area contributed by atoms with Gasteiger partial charge in [0.15, 0.2) is 5.54 Å². The third-order valence-corrected chi connectivity index (χ3v) is 3.74. The highest BCUT2D eigenvalue weighted by Crippen LogP contribution is 2.38. The fourth-order valence-corrected chi connectivity index (χ4v) is 2.62. The maximum Gasteiger partial charge on any atom is 0.345 e. The van der Waals surface area contributed by atoms with Crippen LogP contribution in [0.5, 0.6) is 0 Å². The number of carbonyl (C=O) groups excluding carboxylic acids is 3. The van der Waals surface area contributed by atoms with Gasteiger partial charge in [0.25, 0.3) is 0 Å². The van der Waals surface area contributed by atoms with Crippen molar-refractivity contribution in [3.63, 3.8) is 0 Å². The minimum absolute atomic E-state index is 0.0975. The van der Waals surface area contributed by atoms with E-state index in [2.05, 4.69) is 5.32 Å². The van der Waals surface area contributed by atoms with Crippen molar-refractivity contribution in [2.24, 2.45) is 0 Å². The highest BCUT2D eigenvalue weighted by atomic mass is 16.5. The van der Waals surface area contributed by atoms with Crippen molar-refractivity contribution < 1.29 is 29.0 Å². The van der Waals surface area contributed by atoms with Gasteiger partial charge in [-0.2, -0.15) is 0 Å². The quantitative estimate of drug-likeness (QED) is 0.739. The number of methoxy groups -OCH3 is 2. The Hall–Kier alpha value is -2.41. The van der Waals surface area contributed by atoms with Crippen LogP contribution >= 0.6 is 0 Å². The first kappa shape index (κ1) is 18.6. The topological polar surface area (TPSA) is 102 Å². The molecular weight excluding hydrogens is 302 g/mol. The van der Waals surface area contributed by atoms with Crippen LogP contribution in [0.1, 0.15) is 25.8 Å². The molecule has 0 aromatic heterocycles. The zero-order valence-corrected chi connectivity index (χ0v) is 13.6. The van der Waals surface area contributed by atoms with Crippen molar-refractivity contribution in [1.29, 1.82) is 0 Å². The van der Waals surface area contributed by atoms with Crippen LogP contribution in [0.2, 0.25) is 0 Å². The van der Waals surface area contributed by atoms with Crippen LogP contribution in [0.3, 0.4) is 0 Å². The summed E-state index contributed by atoms with van der Waals surface area (Å²) in [6, 6.07) is 7.80. The van der Waals surface area contributed by atoms with Crippen molar-refractivity contribution in [3.05, 3.63) is 35.9 Å². The smallest absolute Gasteiger partial charge is 0.345 e. The van der Waals surface area contributed by atoms with Gasteiger partial charge in [-0.05, 0) is 12.0 Å². The second-order valence-electron chi connectivity index (χ2n) is 5.00. The first-order chi connectivity index (χ1) is 10.8. The highest BCUT2D eigenvalue weighted by Gasteiger charge is 2.63. The molecule has 0 spiro atoms. The van der Waals surface area contributed by atoms with Crippen LogP contribution in [0.15, 0.2) is 30.3 Å². The van der Waals surface area contributed by atoms with Crippen LogP contribution in [0, 0.1) is 0 Å². The average molecular weight is 323 g/mol. The predicted molar refractivity (Wildman–Crippen MR) is 81.2 cm³/mol. The van der Waals surface area contributed by atoms with Crippen LogP contribution in [0.4, 0.5) is 0 Å². The van der Waals surface area contributed by atoms with E-state index in [1.807, 2.05) is 0 Å². The molecular formula is C16H21NO6. The highest BCUT2D eigenvalue weighted by molar-refractivity contribution is 5.97. The minimum Gasteiger partial charge on any atom is -0.467 e. The molecule has 1 aromatic carbocycles. The zero-order valence-electron chi connectivity index (χ0n) is 13.6. The monoisotopic (exact) mass is 323 g/mol. The number of amides is 1. The van der Waals surface area contributed by atoms with Gasteiger partial charge in [-0.25, -0.2) is 9.59 Å². The number of ether oxygens (including phenoxy) is 2. The fourth-order valence-electron chi connectivity index (χ4n) is 2.62. The number of nitrogens with one attached hydrogen (secondary N) is 1. The molecule has 23 heavy (non-hydrogen) atoms. The van der Waals surface area contributed by atoms with E-state index in [0.29, 0.717) is 0 Å². The summed E-state index contributed by atoms with van der Waals surface area (Å²) in [4.78, 5) is 36.5. The maximum absolute atomic E-state index is 12.4. The predicted octanol–water partition coefficient (Wildman–Crippen LogP) is 0.505. The second kappa shape index (κ2) is 7.23. The van der Waals surface area contributed by atoms with Crippen molar-refractivity contribution in [2.75, 3.05) is 14.2 Å². The lowest BCUT2D eigenvalue weighted by molar-refractivity contribution is -0.188. The molecule has 2 atom stereocenters. The van der Waals surface area contributed by atoms with Gasteiger partial charge < -0.3 is 19.9 Å². The van der Waals surface area contributed by atoms with E-state index in [0.717, 1.165) is 14.2 Å². The molecule has 1 aromatic rings. The molecule has 2 N–H and O–H groups in total. The van der Waals surface area contributed by atoms with Crippen molar-refractivity contribution in [3.8, 4) is 0 Å². The second-order valence-corrected chi connectivity index (χ2v) is 5.00. The summed E-state index contributed by atoms with van der Waals surface area (Å²) in [5.41, 5.74) is -4.37. The lowest BCUT2D eigenvalue weighted by Crippen LogP contribution is -2.70. The van der Waals surface area contributed by atoms with Crippen molar-refractivity contribution >= 4 is 17.8 Å². The molecule has 0 saturated carbocycles. The number of benzene rings is 1. The molecule has 0 unspecified atom stereocenters. The summed E-state index contributed by atoms with van der Waals surface area (Å²) in [6.07, 6.45) is -0.0975. The number of rotatable bonds is 6. The Balaban J connectivity index is 3.72. The van der Waals surface area contributed by atoms with E-state index < -0.39 is 29.0 Å². The van der Waals surface area contributed by atoms with Crippen molar-refractivity contribution in [2.45, 2.75) is 31.4 Å². The maximum atomic E-state index is 12.4. The number of esters is 2. The number of carbonyl (C=O) groups is 3. The van der Waals surface area contributed by atoms with E-state index in [-0.39, 0.29) is 12.0 Å². The Bertz CT molecular complexity index is 587. The van der Waals surface area contributed by atoms with E-state index >= 15 is 0 Å². The number of aliphatic hydroxyl groups is 1. The molecule has 126 valence electrons. The lowest BCUT2D eigenvalue weighted by Gasteiger charge is -2.42. The van der Waals surface area contributed by atoms with Gasteiger partial charge in [0.1, 0.15) is 0 Å². The van der Waals surface area contributed by atoms with Crippen LogP contribution in [0.25, 0.3) is 0 Å². The minimum atomic E-state index is -2.45. The number of hydrogen-bond acceptors (Lipinski definition) is 6. The molecule has 0 saturated heterocycles. The van der Waals surface area contributed by atoms with Crippen molar-refractivity contribution in [1.82, 2.24) is 5.32 Å². The molecule has 0 heterocycles. The molecule has 0 aliphatic rings. The molecule has 0 aliphatic carbocycles. The molecule has 0 bridgehead atoms. The van der Waals surface area contributed by atoms with Gasteiger partial charge in [-0.15, -0.1) is 0 Å². The summed E-state index contributed by atoms with van der Waals surface area (Å²) < 4.78 is 9.45. The standard InChI is InChI=1S/C16H21NO6/c1-5-15(13(19)22-3,17-11(2)18)16(21,14(20)23-4)12-9-7-6-8-10-12/h6-10,21H,5H2,1-4H3,(H,17,18)/t15-,16-/m0/s1. The Morgan fingerprint density at radius 3 is 2.00 bits per heavy atom. The largest absolute Gasteiger partial charge is 0.467 e. The summed E-state index contributed by atoms with van der Waals surface area (Å²) >= 11 is 0. The van der Waals surface area contributed by atoms with Gasteiger partial charge >= 0.3 is 11.9 Å². The van der Waals surface area contributed by atoms with E-state index in [1.54, 1.807) is 25.1 Å². The third kappa shape index (κ3) is 3.05. The molecule has 7 nitrogen and oxygen atoms in total. The molecule has 0 aliphatic heterocycles. The molecule has 7 heteroatoms. The normalized spacial score (nSPS) is 15.7. The van der Waals surface area contributed by atoms with Gasteiger partial charge in [0.05, 0.1) is 14.2 Å². The van der Waals surface area contributed by atoms with Gasteiger partial charge in [0.2, 0.25) is 11.5 Å². The Labute approximate surface area is 134 Å². The molecule has 0 fully saturated rings. The fraction of sp³-hybridized carbons (Fsp3) is 0.438. The molecule has 0 radical (unpaired) electrons. The van der Waals surface area contributed by atoms with Gasteiger partial charge in [-0.1, -0.05) is 37.3 Å². The van der Waals surface area contributed by atoms with Gasteiger partial charge in [0, 0.05) is 6.92 Å². The van der Waals surface area contributed by atoms with Crippen LogP contribution < -0.4 is 5.32 Å².